The fraction of sp³-hybridized carbons (Fsp3) is 1.00. The molecule has 0 aromatic heterocycles. The molecule has 2 rings (SSSR count). The highest BCUT2D eigenvalue weighted by Crippen LogP contribution is 2.36. The fourth-order valence-electron chi connectivity index (χ4n) is 4.66. The molecule has 0 radical (unpaired) electrons. The summed E-state index contributed by atoms with van der Waals surface area (Å²) in [6.07, 6.45) is 15.4. The Bertz CT molecular complexity index is 464. The number of aliphatic hydroxyl groups excluding tert-OH is 1. The summed E-state index contributed by atoms with van der Waals surface area (Å²) >= 11 is 0. The van der Waals surface area contributed by atoms with Crippen LogP contribution >= 0.6 is 0 Å². The smallest absolute Gasteiger partial charge is 0.163 e. The average Bonchev–Trinajstić information content (AvgIpc) is 3.20. The lowest BCUT2D eigenvalue weighted by molar-refractivity contribution is -0.178. The summed E-state index contributed by atoms with van der Waals surface area (Å²) in [7, 11) is 0. The van der Waals surface area contributed by atoms with E-state index in [-0.39, 0.29) is 18.3 Å². The lowest BCUT2D eigenvalue weighted by Gasteiger charge is -2.27. The molecule has 5 heteroatoms. The standard InChI is InChI=1S/C25H48O5/c1-6-7-8-9-10-11-12-13-14-15-16-17-18-20-23(30-25(4,5)28-20)22(26)21-19-27-24(2,3)29-21/h20-23,26H,6-19H2,1-5H3/t20-,21-,22-,23-/m0/s1. The number of hydrogen-bond acceptors (Lipinski definition) is 5. The van der Waals surface area contributed by atoms with Crippen LogP contribution in [0.15, 0.2) is 0 Å². The largest absolute Gasteiger partial charge is 0.387 e. The van der Waals surface area contributed by atoms with E-state index >= 15 is 0 Å². The zero-order chi connectivity index (χ0) is 22.0. The Labute approximate surface area is 185 Å². The molecule has 0 bridgehead atoms. The van der Waals surface area contributed by atoms with Crippen LogP contribution in [-0.2, 0) is 18.9 Å². The first kappa shape index (κ1) is 26.1. The van der Waals surface area contributed by atoms with Crippen LogP contribution in [0.1, 0.15) is 118 Å². The van der Waals surface area contributed by atoms with Crippen molar-refractivity contribution in [1.82, 2.24) is 0 Å². The van der Waals surface area contributed by atoms with Crippen molar-refractivity contribution in [2.75, 3.05) is 6.61 Å². The predicted molar refractivity (Wildman–Crippen MR) is 120 cm³/mol. The third kappa shape index (κ3) is 9.12. The Morgan fingerprint density at radius 2 is 1.27 bits per heavy atom. The molecule has 0 unspecified atom stereocenters. The lowest BCUT2D eigenvalue weighted by atomic mass is 9.98. The molecule has 2 saturated heterocycles. The molecule has 5 nitrogen and oxygen atoms in total. The summed E-state index contributed by atoms with van der Waals surface area (Å²) in [4.78, 5) is 0. The van der Waals surface area contributed by atoms with Gasteiger partial charge in [0.2, 0.25) is 0 Å². The second-order valence-electron chi connectivity index (χ2n) is 10.2. The van der Waals surface area contributed by atoms with E-state index in [2.05, 4.69) is 6.92 Å². The van der Waals surface area contributed by atoms with E-state index in [1.807, 2.05) is 27.7 Å². The van der Waals surface area contributed by atoms with Crippen LogP contribution < -0.4 is 0 Å². The maximum Gasteiger partial charge on any atom is 0.163 e. The van der Waals surface area contributed by atoms with Crippen LogP contribution in [0.4, 0.5) is 0 Å². The van der Waals surface area contributed by atoms with E-state index in [0.717, 1.165) is 12.8 Å². The number of ether oxygens (including phenoxy) is 4. The third-order valence-corrected chi connectivity index (χ3v) is 6.31. The van der Waals surface area contributed by atoms with E-state index in [9.17, 15) is 5.11 Å². The van der Waals surface area contributed by atoms with Crippen LogP contribution in [0.25, 0.3) is 0 Å². The van der Waals surface area contributed by atoms with Crippen LogP contribution in [-0.4, -0.2) is 47.7 Å². The minimum Gasteiger partial charge on any atom is -0.387 e. The van der Waals surface area contributed by atoms with Gasteiger partial charge in [-0.25, -0.2) is 0 Å². The topological polar surface area (TPSA) is 57.2 Å². The van der Waals surface area contributed by atoms with Crippen molar-refractivity contribution < 1.29 is 24.1 Å². The van der Waals surface area contributed by atoms with Crippen LogP contribution in [0.3, 0.4) is 0 Å². The average molecular weight is 429 g/mol. The van der Waals surface area contributed by atoms with Gasteiger partial charge in [-0.1, -0.05) is 84.0 Å². The Morgan fingerprint density at radius 3 is 1.77 bits per heavy atom. The highest BCUT2D eigenvalue weighted by molar-refractivity contribution is 4.92. The number of aliphatic hydroxyl groups is 1. The molecule has 30 heavy (non-hydrogen) atoms. The van der Waals surface area contributed by atoms with Crippen LogP contribution in [0, 0.1) is 0 Å². The summed E-state index contributed by atoms with van der Waals surface area (Å²) in [5.41, 5.74) is 0. The first-order valence-corrected chi connectivity index (χ1v) is 12.6. The molecule has 0 amide bonds. The van der Waals surface area contributed by atoms with Gasteiger partial charge in [0.25, 0.3) is 0 Å². The van der Waals surface area contributed by atoms with Crippen LogP contribution in [0.5, 0.6) is 0 Å². The number of unbranched alkanes of at least 4 members (excludes halogenated alkanes) is 11. The molecule has 178 valence electrons. The van der Waals surface area contributed by atoms with Gasteiger partial charge in [-0.3, -0.25) is 0 Å². The van der Waals surface area contributed by atoms with Crippen molar-refractivity contribution in [2.24, 2.45) is 0 Å². The van der Waals surface area contributed by atoms with Gasteiger partial charge in [0, 0.05) is 0 Å². The van der Waals surface area contributed by atoms with E-state index in [4.69, 9.17) is 18.9 Å². The highest BCUT2D eigenvalue weighted by atomic mass is 16.8. The predicted octanol–water partition coefficient (Wildman–Crippen LogP) is 6.11. The maximum absolute atomic E-state index is 10.9. The molecule has 2 fully saturated rings. The minimum atomic E-state index is -0.740. The van der Waals surface area contributed by atoms with Crippen molar-refractivity contribution in [1.29, 1.82) is 0 Å². The first-order valence-electron chi connectivity index (χ1n) is 12.6. The normalized spacial score (nSPS) is 28.8. The Hall–Kier alpha value is -0.200. The van der Waals surface area contributed by atoms with Crippen molar-refractivity contribution in [3.05, 3.63) is 0 Å². The van der Waals surface area contributed by atoms with Crippen molar-refractivity contribution in [3.63, 3.8) is 0 Å². The number of rotatable bonds is 15. The lowest BCUT2D eigenvalue weighted by Crippen LogP contribution is -2.45. The van der Waals surface area contributed by atoms with Gasteiger partial charge in [0.15, 0.2) is 11.6 Å². The molecule has 2 heterocycles. The monoisotopic (exact) mass is 428 g/mol. The molecular formula is C25H48O5. The molecule has 0 spiro atoms. The van der Waals surface area contributed by atoms with E-state index < -0.39 is 17.7 Å². The van der Waals surface area contributed by atoms with Gasteiger partial charge in [0.1, 0.15) is 18.3 Å². The fourth-order valence-corrected chi connectivity index (χ4v) is 4.66. The summed E-state index contributed by atoms with van der Waals surface area (Å²) < 4.78 is 23.6. The third-order valence-electron chi connectivity index (χ3n) is 6.31. The van der Waals surface area contributed by atoms with Gasteiger partial charge in [-0.15, -0.1) is 0 Å². The quantitative estimate of drug-likeness (QED) is 0.319. The van der Waals surface area contributed by atoms with Gasteiger partial charge in [-0.2, -0.15) is 0 Å². The summed E-state index contributed by atoms with van der Waals surface area (Å²) in [6, 6.07) is 0. The second kappa shape index (κ2) is 12.7. The zero-order valence-corrected chi connectivity index (χ0v) is 20.3. The SMILES string of the molecule is CCCCCCCCCCCCCC[C@@H]1OC(C)(C)O[C@@H]1[C@@H](O)[C@@H]1COC(C)(C)O1. The van der Waals surface area contributed by atoms with Gasteiger partial charge in [0.05, 0.1) is 12.7 Å². The molecule has 2 aliphatic rings. The summed E-state index contributed by atoms with van der Waals surface area (Å²) in [5.74, 6) is -1.31. The summed E-state index contributed by atoms with van der Waals surface area (Å²) in [6.45, 7) is 10.3. The number of hydrogen-bond donors (Lipinski definition) is 1. The Morgan fingerprint density at radius 1 is 0.733 bits per heavy atom. The van der Waals surface area contributed by atoms with Gasteiger partial charge >= 0.3 is 0 Å². The van der Waals surface area contributed by atoms with Crippen molar-refractivity contribution >= 4 is 0 Å². The molecule has 0 saturated carbocycles. The van der Waals surface area contributed by atoms with E-state index in [1.54, 1.807) is 0 Å². The van der Waals surface area contributed by atoms with Crippen molar-refractivity contribution in [3.8, 4) is 0 Å². The first-order chi connectivity index (χ1) is 14.2. The van der Waals surface area contributed by atoms with Crippen LogP contribution in [0.2, 0.25) is 0 Å². The van der Waals surface area contributed by atoms with E-state index in [1.165, 1.54) is 70.6 Å². The zero-order valence-electron chi connectivity index (χ0n) is 20.3. The molecule has 0 aliphatic carbocycles. The molecule has 1 N–H and O–H groups in total. The van der Waals surface area contributed by atoms with Gasteiger partial charge in [-0.05, 0) is 34.1 Å². The molecule has 2 aliphatic heterocycles. The van der Waals surface area contributed by atoms with Gasteiger partial charge < -0.3 is 24.1 Å². The minimum absolute atomic E-state index is 0.0922. The van der Waals surface area contributed by atoms with Crippen molar-refractivity contribution in [2.45, 2.75) is 154 Å². The molecule has 0 aromatic carbocycles. The highest BCUT2D eigenvalue weighted by Gasteiger charge is 2.49. The van der Waals surface area contributed by atoms with E-state index in [0.29, 0.717) is 6.61 Å². The maximum atomic E-state index is 10.9. The Kier molecular flexibility index (Phi) is 11.1. The Balaban J connectivity index is 1.59. The second-order valence-corrected chi connectivity index (χ2v) is 10.2. The molecular weight excluding hydrogens is 380 g/mol. The molecule has 0 aromatic rings. The molecule has 4 atom stereocenters. The summed E-state index contributed by atoms with van der Waals surface area (Å²) in [5, 5.41) is 10.9.